The van der Waals surface area contributed by atoms with Gasteiger partial charge in [-0.1, -0.05) is 48.2 Å². The molecule has 1 aromatic heterocycles. The molecule has 50 heavy (non-hydrogen) atoms. The van der Waals surface area contributed by atoms with E-state index in [4.69, 9.17) is 23.9 Å². The summed E-state index contributed by atoms with van der Waals surface area (Å²) in [4.78, 5) is 45.8. The summed E-state index contributed by atoms with van der Waals surface area (Å²) in [5, 5.41) is 15.1. The van der Waals surface area contributed by atoms with Crippen LogP contribution in [0.3, 0.4) is 0 Å². The monoisotopic (exact) mass is 706 g/mol. The van der Waals surface area contributed by atoms with Crippen molar-refractivity contribution in [3.63, 3.8) is 0 Å². The van der Waals surface area contributed by atoms with Gasteiger partial charge in [-0.25, -0.2) is 9.78 Å². The Morgan fingerprint density at radius 2 is 1.68 bits per heavy atom. The lowest BCUT2D eigenvalue weighted by atomic mass is 10.1. The van der Waals surface area contributed by atoms with Gasteiger partial charge >= 0.3 is 6.09 Å². The first kappa shape index (κ1) is 37.1. The first-order valence-electron chi connectivity index (χ1n) is 16.9. The summed E-state index contributed by atoms with van der Waals surface area (Å²) < 4.78 is 23.7. The third kappa shape index (κ3) is 9.96. The van der Waals surface area contributed by atoms with Crippen molar-refractivity contribution in [2.45, 2.75) is 62.8 Å². The molecule has 0 bridgehead atoms. The summed E-state index contributed by atoms with van der Waals surface area (Å²) in [5.41, 5.74) is 0.618. The topological polar surface area (TPSA) is 141 Å². The zero-order valence-corrected chi connectivity index (χ0v) is 29.9. The van der Waals surface area contributed by atoms with Crippen LogP contribution < -0.4 is 15.6 Å². The van der Waals surface area contributed by atoms with Crippen LogP contribution in [0.2, 0.25) is 0 Å². The van der Waals surface area contributed by atoms with Crippen LogP contribution in [0.5, 0.6) is 5.75 Å². The van der Waals surface area contributed by atoms with Crippen LogP contribution in [0.25, 0.3) is 21.7 Å². The Kier molecular flexibility index (Phi) is 12.7. The molecule has 0 radical (unpaired) electrons. The number of hydrogen-bond acceptors (Lipinski definition) is 10. The number of carbonyl (C=O) groups is 2. The minimum atomic E-state index is -0.695. The summed E-state index contributed by atoms with van der Waals surface area (Å²) in [5.74, 6) is 0.475. The number of aromatic nitrogens is 2. The lowest BCUT2D eigenvalue weighted by Crippen LogP contribution is -2.34. The second-order valence-corrected chi connectivity index (χ2v) is 14.0. The minimum Gasteiger partial charge on any atom is -0.491 e. The average Bonchev–Trinajstić information content (AvgIpc) is 3.53. The van der Waals surface area contributed by atoms with Crippen LogP contribution in [-0.2, 0) is 25.5 Å². The molecule has 0 spiro atoms. The molecule has 2 unspecified atom stereocenters. The predicted molar refractivity (Wildman–Crippen MR) is 193 cm³/mol. The fraction of sp³-hybridized carbons (Fsp3) is 0.459. The number of aliphatic hydroxyl groups is 1. The van der Waals surface area contributed by atoms with E-state index in [-0.39, 0.29) is 18.0 Å². The Hall–Kier alpha value is -4.17. The van der Waals surface area contributed by atoms with E-state index < -0.39 is 23.0 Å². The van der Waals surface area contributed by atoms with Crippen molar-refractivity contribution in [2.24, 2.45) is 0 Å². The van der Waals surface area contributed by atoms with E-state index in [0.29, 0.717) is 80.9 Å². The van der Waals surface area contributed by atoms with E-state index in [0.717, 1.165) is 16.3 Å². The Labute approximate surface area is 296 Å². The molecular formula is C37H46N4O8S. The highest BCUT2D eigenvalue weighted by Crippen LogP contribution is 2.38. The summed E-state index contributed by atoms with van der Waals surface area (Å²) >= 11 is 1.25. The van der Waals surface area contributed by atoms with Crippen LogP contribution in [0.15, 0.2) is 70.6 Å². The van der Waals surface area contributed by atoms with Gasteiger partial charge in [0.1, 0.15) is 23.2 Å². The number of aliphatic hydroxyl groups excluding tert-OH is 1. The number of hydrogen-bond donors (Lipinski definition) is 2. The number of amides is 2. The molecule has 12 nitrogen and oxygen atoms in total. The number of thioether (sulfide) groups is 1. The number of alkyl carbamates (subject to hydrolysis) is 1. The molecule has 4 aromatic rings. The normalized spacial score (nSPS) is 15.4. The van der Waals surface area contributed by atoms with Crippen molar-refractivity contribution in [1.82, 2.24) is 19.8 Å². The maximum Gasteiger partial charge on any atom is 0.407 e. The van der Waals surface area contributed by atoms with E-state index in [1.54, 1.807) is 30.2 Å². The maximum absolute atomic E-state index is 13.9. The molecule has 1 aliphatic heterocycles. The lowest BCUT2D eigenvalue weighted by Gasteiger charge is -2.24. The molecule has 0 aliphatic carbocycles. The summed E-state index contributed by atoms with van der Waals surface area (Å²) in [7, 11) is 0. The summed E-state index contributed by atoms with van der Waals surface area (Å²) in [6.45, 7) is 10.5. The Morgan fingerprint density at radius 1 is 1.00 bits per heavy atom. The number of fused-ring (bicyclic) bond motifs is 2. The SMILES string of the molecule is CCn1c(SC(C(=O)N2CCC(O)C2)c2ccc(OCCOCCOCCNC(=O)OC(C)(C)C)cc2)nc2cc3ccccc3cc2c1=O. The highest BCUT2D eigenvalue weighted by Gasteiger charge is 2.33. The zero-order valence-electron chi connectivity index (χ0n) is 29.1. The van der Waals surface area contributed by atoms with Gasteiger partial charge in [0.05, 0.1) is 43.4 Å². The van der Waals surface area contributed by atoms with E-state index >= 15 is 0 Å². The van der Waals surface area contributed by atoms with Crippen LogP contribution in [-0.4, -0.2) is 95.9 Å². The van der Waals surface area contributed by atoms with Gasteiger partial charge < -0.3 is 34.3 Å². The van der Waals surface area contributed by atoms with Crippen LogP contribution in [0.4, 0.5) is 4.79 Å². The fourth-order valence-corrected chi connectivity index (χ4v) is 6.79. The van der Waals surface area contributed by atoms with Gasteiger partial charge in [-0.3, -0.25) is 14.2 Å². The van der Waals surface area contributed by atoms with Crippen molar-refractivity contribution < 1.29 is 33.6 Å². The van der Waals surface area contributed by atoms with Crippen LogP contribution in [0.1, 0.15) is 44.9 Å². The van der Waals surface area contributed by atoms with Crippen molar-refractivity contribution in [3.05, 3.63) is 76.6 Å². The van der Waals surface area contributed by atoms with Gasteiger partial charge in [0.2, 0.25) is 5.91 Å². The largest absolute Gasteiger partial charge is 0.491 e. The average molecular weight is 707 g/mol. The van der Waals surface area contributed by atoms with Crippen molar-refractivity contribution in [2.75, 3.05) is 52.7 Å². The van der Waals surface area contributed by atoms with Crippen molar-refractivity contribution >= 4 is 45.4 Å². The molecule has 268 valence electrons. The lowest BCUT2D eigenvalue weighted by molar-refractivity contribution is -0.130. The highest BCUT2D eigenvalue weighted by atomic mass is 32.2. The smallest absolute Gasteiger partial charge is 0.407 e. The number of likely N-dealkylation sites (tertiary alicyclic amines) is 1. The van der Waals surface area contributed by atoms with Gasteiger partial charge in [0, 0.05) is 26.2 Å². The second kappa shape index (κ2) is 17.2. The van der Waals surface area contributed by atoms with E-state index in [1.807, 2.05) is 67.6 Å². The third-order valence-electron chi connectivity index (χ3n) is 7.99. The van der Waals surface area contributed by atoms with Gasteiger partial charge in [-0.05, 0) is 74.7 Å². The maximum atomic E-state index is 13.9. The third-order valence-corrected chi connectivity index (χ3v) is 9.22. The number of carbonyl (C=O) groups excluding carboxylic acids is 2. The summed E-state index contributed by atoms with van der Waals surface area (Å²) in [6, 6.07) is 19.0. The van der Waals surface area contributed by atoms with Crippen LogP contribution >= 0.6 is 11.8 Å². The Bertz CT molecular complexity index is 1830. The molecule has 13 heteroatoms. The molecule has 1 saturated heterocycles. The number of β-amino-alcohol motifs (C(OH)–C–C–N with tert-alkyl or cyclic N) is 1. The first-order chi connectivity index (χ1) is 24.0. The number of nitrogens with one attached hydrogen (secondary N) is 1. The molecule has 0 saturated carbocycles. The van der Waals surface area contributed by atoms with Gasteiger partial charge in [-0.2, -0.15) is 0 Å². The Balaban J connectivity index is 1.19. The molecule has 5 rings (SSSR count). The molecule has 2 atom stereocenters. The minimum absolute atomic E-state index is 0.146. The van der Waals surface area contributed by atoms with Crippen LogP contribution in [0, 0.1) is 0 Å². The van der Waals surface area contributed by atoms with Gasteiger partial charge in [0.25, 0.3) is 5.56 Å². The van der Waals surface area contributed by atoms with Gasteiger partial charge in [0.15, 0.2) is 5.16 Å². The molecule has 2 N–H and O–H groups in total. The Morgan fingerprint density at radius 3 is 2.34 bits per heavy atom. The number of benzene rings is 3. The predicted octanol–water partition coefficient (Wildman–Crippen LogP) is 4.93. The molecule has 1 aliphatic rings. The zero-order chi connectivity index (χ0) is 35.7. The molecule has 2 amide bonds. The molecule has 3 aromatic carbocycles. The van der Waals surface area contributed by atoms with E-state index in [1.165, 1.54) is 11.8 Å². The molecular weight excluding hydrogens is 660 g/mol. The second-order valence-electron chi connectivity index (χ2n) is 13.0. The number of ether oxygens (including phenoxy) is 4. The standard InChI is InChI=1S/C37H46N4O8S/c1-5-41-33(43)30-22-26-8-6-7-9-27(26)23-31(30)39-35(41)50-32(34(44)40-16-14-28(42)24-40)25-10-12-29(13-11-25)48-21-20-47-19-18-46-17-15-38-36(45)49-37(2,3)4/h6-13,22-23,28,32,42H,5,14-21,24H2,1-4H3,(H,38,45). The van der Waals surface area contributed by atoms with Gasteiger partial charge in [-0.15, -0.1) is 0 Å². The molecule has 2 heterocycles. The fourth-order valence-electron chi connectivity index (χ4n) is 5.55. The number of rotatable bonds is 15. The highest BCUT2D eigenvalue weighted by molar-refractivity contribution is 8.00. The number of nitrogens with zero attached hydrogens (tertiary/aromatic N) is 3. The van der Waals surface area contributed by atoms with E-state index in [9.17, 15) is 19.5 Å². The quantitative estimate of drug-likeness (QED) is 0.0757. The molecule has 1 fully saturated rings. The van der Waals surface area contributed by atoms with Crippen molar-refractivity contribution in [3.8, 4) is 5.75 Å². The van der Waals surface area contributed by atoms with E-state index in [2.05, 4.69) is 5.32 Å². The first-order valence-corrected chi connectivity index (χ1v) is 17.8. The van der Waals surface area contributed by atoms with Crippen molar-refractivity contribution in [1.29, 1.82) is 0 Å². The summed E-state index contributed by atoms with van der Waals surface area (Å²) in [6.07, 6.45) is -0.513.